The lowest BCUT2D eigenvalue weighted by Crippen LogP contribution is -2.39. The van der Waals surface area contributed by atoms with Crippen LogP contribution in [-0.4, -0.2) is 64.2 Å². The van der Waals surface area contributed by atoms with E-state index in [2.05, 4.69) is 26.5 Å². The molecule has 1 aromatic carbocycles. The van der Waals surface area contributed by atoms with Crippen LogP contribution in [0.1, 0.15) is 44.1 Å². The highest BCUT2D eigenvalue weighted by atomic mass is 32.2. The van der Waals surface area contributed by atoms with Gasteiger partial charge in [-0.3, -0.25) is 10.2 Å². The second kappa shape index (κ2) is 10.1. The van der Waals surface area contributed by atoms with Gasteiger partial charge in [-0.05, 0) is 74.1 Å². The van der Waals surface area contributed by atoms with Crippen molar-refractivity contribution in [3.63, 3.8) is 0 Å². The summed E-state index contributed by atoms with van der Waals surface area (Å²) < 4.78 is 42.7. The molecular weight excluding hydrogens is 546 g/mol. The van der Waals surface area contributed by atoms with Crippen molar-refractivity contribution in [3.8, 4) is 11.5 Å². The number of hydrazine groups is 1. The van der Waals surface area contributed by atoms with E-state index in [1.54, 1.807) is 13.2 Å². The molecule has 1 spiro atoms. The molecule has 1 amide bonds. The number of rotatable bonds is 7. The average Bonchev–Trinajstić information content (AvgIpc) is 3.55. The number of pyridine rings is 1. The molecule has 6 atom stereocenters. The average molecular weight is 584 g/mol. The maximum Gasteiger partial charge on any atom is 0.235 e. The Morgan fingerprint density at radius 1 is 1.07 bits per heavy atom. The topological polar surface area (TPSA) is 140 Å². The van der Waals surface area contributed by atoms with Crippen LogP contribution in [0.5, 0.6) is 11.5 Å². The van der Waals surface area contributed by atoms with E-state index in [9.17, 15) is 13.2 Å². The van der Waals surface area contributed by atoms with Crippen molar-refractivity contribution in [1.29, 1.82) is 0 Å². The summed E-state index contributed by atoms with van der Waals surface area (Å²) in [6.45, 7) is 0.906. The van der Waals surface area contributed by atoms with Gasteiger partial charge < -0.3 is 24.8 Å². The summed E-state index contributed by atoms with van der Waals surface area (Å²) in [5.41, 5.74) is 8.41. The monoisotopic (exact) mass is 583 g/mol. The first-order valence-electron chi connectivity index (χ1n) is 14.5. The van der Waals surface area contributed by atoms with Crippen LogP contribution >= 0.6 is 0 Å². The number of carbonyl (C=O) groups excluding carboxylic acids is 1. The van der Waals surface area contributed by atoms with Gasteiger partial charge in [-0.1, -0.05) is 0 Å². The molecule has 11 nitrogen and oxygen atoms in total. The van der Waals surface area contributed by atoms with E-state index in [1.165, 1.54) is 13.3 Å². The minimum atomic E-state index is -3.52. The number of methoxy groups -OCH3 is 2. The molecule has 4 heterocycles. The molecule has 41 heavy (non-hydrogen) atoms. The number of aromatic nitrogens is 1. The Kier molecular flexibility index (Phi) is 6.64. The molecule has 4 unspecified atom stereocenters. The summed E-state index contributed by atoms with van der Waals surface area (Å²) in [5, 5.41) is 6.09. The second-order valence-electron chi connectivity index (χ2n) is 12.0. The van der Waals surface area contributed by atoms with Crippen LogP contribution in [0, 0.1) is 17.8 Å². The van der Waals surface area contributed by atoms with Crippen molar-refractivity contribution in [2.75, 3.05) is 38.1 Å². The van der Waals surface area contributed by atoms with Crippen LogP contribution < -0.4 is 31.0 Å². The van der Waals surface area contributed by atoms with Crippen LogP contribution in [0.4, 0.5) is 11.5 Å². The molecule has 12 heteroatoms. The number of sulfone groups is 1. The summed E-state index contributed by atoms with van der Waals surface area (Å²) in [6.07, 6.45) is 6.19. The molecule has 4 N–H and O–H groups in total. The number of nitrogens with one attached hydrogen (secondary N) is 4. The third-order valence-electron chi connectivity index (χ3n) is 10.0. The summed E-state index contributed by atoms with van der Waals surface area (Å²) in [5.74, 6) is 2.87. The first kappa shape index (κ1) is 26.9. The zero-order chi connectivity index (χ0) is 28.4. The highest BCUT2D eigenvalue weighted by Crippen LogP contribution is 2.65. The molecule has 2 aliphatic carbocycles. The third-order valence-corrected chi connectivity index (χ3v) is 12.2. The van der Waals surface area contributed by atoms with Crippen LogP contribution in [0.15, 0.2) is 35.4 Å². The van der Waals surface area contributed by atoms with E-state index in [4.69, 9.17) is 14.2 Å². The van der Waals surface area contributed by atoms with Crippen LogP contribution in [-0.2, 0) is 24.8 Å². The first-order chi connectivity index (χ1) is 19.8. The number of carbonyl (C=O) groups is 1. The molecule has 220 valence electrons. The number of hydrogen-bond acceptors (Lipinski definition) is 10. The van der Waals surface area contributed by atoms with E-state index in [1.807, 2.05) is 18.2 Å². The smallest absolute Gasteiger partial charge is 0.235 e. The maximum atomic E-state index is 13.2. The summed E-state index contributed by atoms with van der Waals surface area (Å²) in [7, 11) is -0.333. The first-order valence-corrected chi connectivity index (χ1v) is 16.0. The molecule has 4 fully saturated rings. The van der Waals surface area contributed by atoms with Crippen LogP contribution in [0.3, 0.4) is 0 Å². The van der Waals surface area contributed by atoms with Crippen LogP contribution in [0.2, 0.25) is 0 Å². The molecule has 2 aromatic rings. The largest absolute Gasteiger partial charge is 0.497 e. The van der Waals surface area contributed by atoms with Gasteiger partial charge in [-0.25, -0.2) is 18.8 Å². The Balaban J connectivity index is 1.03. The van der Waals surface area contributed by atoms with Gasteiger partial charge in [-0.2, -0.15) is 0 Å². The molecule has 7 rings (SSSR count). The number of nitrogens with zero attached hydrogens (tertiary/aromatic N) is 1. The minimum absolute atomic E-state index is 0.0896. The normalized spacial score (nSPS) is 32.7. The third kappa shape index (κ3) is 4.38. The zero-order valence-electron chi connectivity index (χ0n) is 23.3. The Morgan fingerprint density at radius 3 is 2.68 bits per heavy atom. The summed E-state index contributed by atoms with van der Waals surface area (Å²) in [6, 6.07) is 7.68. The number of ether oxygens (including phenoxy) is 3. The number of benzene rings is 1. The van der Waals surface area contributed by atoms with Crippen LogP contribution in [0.25, 0.3) is 0 Å². The van der Waals surface area contributed by atoms with E-state index in [0.29, 0.717) is 55.4 Å². The van der Waals surface area contributed by atoms with E-state index < -0.39 is 20.5 Å². The lowest BCUT2D eigenvalue weighted by molar-refractivity contribution is -0.118. The fourth-order valence-electron chi connectivity index (χ4n) is 7.69. The Hall–Kier alpha value is -2.93. The fourth-order valence-corrected chi connectivity index (χ4v) is 9.36. The van der Waals surface area contributed by atoms with Gasteiger partial charge in [0.05, 0.1) is 35.9 Å². The summed E-state index contributed by atoms with van der Waals surface area (Å²) >= 11 is 0. The van der Waals surface area contributed by atoms with Gasteiger partial charge in [0.25, 0.3) is 0 Å². The van der Waals surface area contributed by atoms with Gasteiger partial charge in [0.1, 0.15) is 5.75 Å². The number of fused-ring (bicyclic) bond motifs is 3. The standard InChI is InChI=1S/C29H37N5O6S/c1-38-17-4-6-23-21(12-17)29(28(35)31-23)14-22(29)16-3-5-20-24(11-16)33-34-26(20)32-27-25(39-2)13-19(15-30-27)41(36,37)18-7-9-40-10-8-18/h4,6,12-13,15-16,18,20,22,24,26,33-34H,3,5,7-11,14H2,1-2H3,(H,30,32)(H,31,35)/t16?,20?,22-,24?,26?,29-/m0/s1. The van der Waals surface area contributed by atoms with Crippen molar-refractivity contribution < 1.29 is 27.4 Å². The van der Waals surface area contributed by atoms with Crippen molar-refractivity contribution >= 4 is 27.2 Å². The van der Waals surface area contributed by atoms with Gasteiger partial charge >= 0.3 is 0 Å². The van der Waals surface area contributed by atoms with Gasteiger partial charge in [-0.15, -0.1) is 0 Å². The van der Waals surface area contributed by atoms with E-state index in [-0.39, 0.29) is 23.0 Å². The van der Waals surface area contributed by atoms with Crippen molar-refractivity contribution in [1.82, 2.24) is 15.8 Å². The lowest BCUT2D eigenvalue weighted by Gasteiger charge is -2.34. The van der Waals surface area contributed by atoms with Gasteiger partial charge in [0.2, 0.25) is 5.91 Å². The zero-order valence-corrected chi connectivity index (χ0v) is 24.1. The SMILES string of the molecule is COc1ccc2c(c1)[C@]1(C[C@H]1C1CCC3C(C1)NNC3Nc1ncc(S(=O)(=O)C3CCOCC3)cc1OC)C(=O)N2. The predicted molar refractivity (Wildman–Crippen MR) is 152 cm³/mol. The number of anilines is 2. The lowest BCUT2D eigenvalue weighted by atomic mass is 9.74. The van der Waals surface area contributed by atoms with Crippen molar-refractivity contribution in [2.24, 2.45) is 17.8 Å². The molecule has 2 saturated heterocycles. The van der Waals surface area contributed by atoms with E-state index in [0.717, 1.165) is 42.7 Å². The predicted octanol–water partition coefficient (Wildman–Crippen LogP) is 2.59. The number of amides is 1. The highest BCUT2D eigenvalue weighted by molar-refractivity contribution is 7.92. The second-order valence-corrected chi connectivity index (χ2v) is 14.2. The Morgan fingerprint density at radius 2 is 1.90 bits per heavy atom. The van der Waals surface area contributed by atoms with Crippen molar-refractivity contribution in [3.05, 3.63) is 36.0 Å². The minimum Gasteiger partial charge on any atom is -0.497 e. The maximum absolute atomic E-state index is 13.2. The van der Waals surface area contributed by atoms with Gasteiger partial charge in [0.15, 0.2) is 21.4 Å². The Labute approximate surface area is 240 Å². The van der Waals surface area contributed by atoms with E-state index >= 15 is 0 Å². The molecule has 5 aliphatic rings. The molecule has 1 aromatic heterocycles. The number of hydrogen-bond donors (Lipinski definition) is 4. The highest BCUT2D eigenvalue weighted by Gasteiger charge is 2.67. The van der Waals surface area contributed by atoms with Gasteiger partial charge in [0, 0.05) is 43.1 Å². The molecule has 2 saturated carbocycles. The molecule has 0 bridgehead atoms. The quantitative estimate of drug-likeness (QED) is 0.385. The van der Waals surface area contributed by atoms with Crippen molar-refractivity contribution in [2.45, 2.75) is 66.3 Å². The summed E-state index contributed by atoms with van der Waals surface area (Å²) in [4.78, 5) is 17.8. The Bertz CT molecular complexity index is 1460. The molecular formula is C29H37N5O6S. The molecule has 0 radical (unpaired) electrons. The fraction of sp³-hybridized carbons (Fsp3) is 0.586. The molecule has 3 aliphatic heterocycles.